The quantitative estimate of drug-likeness (QED) is 0.122. The molecule has 1 fully saturated rings. The number of aliphatic hydroxyl groups is 1. The molecule has 0 bridgehead atoms. The summed E-state index contributed by atoms with van der Waals surface area (Å²) in [5, 5.41) is 9.65. The molecule has 1 N–H and O–H groups in total. The molecular formula is C56H62N2O8. The lowest BCUT2D eigenvalue weighted by Gasteiger charge is -2.49. The summed E-state index contributed by atoms with van der Waals surface area (Å²) in [6.07, 6.45) is 7.30. The molecule has 1 amide bonds. The van der Waals surface area contributed by atoms with Gasteiger partial charge in [0.2, 0.25) is 6.29 Å². The molecule has 0 saturated carbocycles. The largest absolute Gasteiger partial charge is 0.493 e. The normalized spacial score (nSPS) is 23.0. The van der Waals surface area contributed by atoms with E-state index in [1.165, 1.54) is 44.5 Å². The highest BCUT2D eigenvalue weighted by atomic mass is 16.7. The van der Waals surface area contributed by atoms with Gasteiger partial charge in [-0.2, -0.15) is 0 Å². The Morgan fingerprint density at radius 1 is 0.712 bits per heavy atom. The molecule has 344 valence electrons. The van der Waals surface area contributed by atoms with Crippen LogP contribution in [-0.2, 0) is 46.7 Å². The van der Waals surface area contributed by atoms with Gasteiger partial charge in [0, 0.05) is 38.0 Å². The zero-order valence-electron chi connectivity index (χ0n) is 38.9. The van der Waals surface area contributed by atoms with Gasteiger partial charge in [-0.1, -0.05) is 80.1 Å². The van der Waals surface area contributed by atoms with E-state index in [4.69, 9.17) is 28.4 Å². The van der Waals surface area contributed by atoms with Gasteiger partial charge in [-0.3, -0.25) is 9.69 Å². The van der Waals surface area contributed by atoms with Crippen molar-refractivity contribution in [2.75, 3.05) is 48.1 Å². The number of ether oxygens (including phenoxy) is 6. The Labute approximate surface area is 389 Å². The first-order valence-corrected chi connectivity index (χ1v) is 23.7. The molecule has 0 unspecified atom stereocenters. The van der Waals surface area contributed by atoms with Crippen LogP contribution in [0.4, 0.5) is 0 Å². The van der Waals surface area contributed by atoms with Crippen molar-refractivity contribution in [3.8, 4) is 34.1 Å². The third-order valence-corrected chi connectivity index (χ3v) is 15.3. The molecule has 0 spiro atoms. The highest BCUT2D eigenvalue weighted by Crippen LogP contribution is 2.50. The van der Waals surface area contributed by atoms with Crippen LogP contribution in [0, 0.1) is 11.8 Å². The van der Waals surface area contributed by atoms with Gasteiger partial charge in [0.1, 0.15) is 0 Å². The number of amides is 1. The zero-order chi connectivity index (χ0) is 45.5. The molecule has 5 aromatic rings. The Morgan fingerprint density at radius 2 is 1.38 bits per heavy atom. The van der Waals surface area contributed by atoms with E-state index in [0.717, 1.165) is 73.4 Å². The number of hydrogen-bond acceptors (Lipinski definition) is 9. The summed E-state index contributed by atoms with van der Waals surface area (Å²) in [6, 6.07) is 31.6. The molecule has 10 heteroatoms. The van der Waals surface area contributed by atoms with E-state index in [1.807, 2.05) is 24.3 Å². The Balaban J connectivity index is 1.01. The minimum atomic E-state index is -0.660. The van der Waals surface area contributed by atoms with Gasteiger partial charge in [-0.15, -0.1) is 0 Å². The van der Waals surface area contributed by atoms with Gasteiger partial charge in [-0.05, 0) is 135 Å². The molecule has 1 saturated heterocycles. The number of methoxy groups -OCH3 is 4. The van der Waals surface area contributed by atoms with Gasteiger partial charge >= 0.3 is 0 Å². The van der Waals surface area contributed by atoms with Crippen LogP contribution in [0.1, 0.15) is 101 Å². The second kappa shape index (κ2) is 18.8. The fourth-order valence-corrected chi connectivity index (χ4v) is 11.8. The van der Waals surface area contributed by atoms with E-state index in [2.05, 4.69) is 89.5 Å². The third kappa shape index (κ3) is 8.22. The molecule has 6 atom stereocenters. The van der Waals surface area contributed by atoms with Crippen LogP contribution < -0.4 is 18.9 Å². The molecule has 0 radical (unpaired) electrons. The van der Waals surface area contributed by atoms with E-state index in [-0.39, 0.29) is 30.5 Å². The fourth-order valence-electron chi connectivity index (χ4n) is 11.8. The highest BCUT2D eigenvalue weighted by Gasteiger charge is 2.44. The molecule has 4 aliphatic heterocycles. The van der Waals surface area contributed by atoms with E-state index in [9.17, 15) is 5.11 Å². The van der Waals surface area contributed by atoms with Crippen molar-refractivity contribution in [1.29, 1.82) is 0 Å². The monoisotopic (exact) mass is 890 g/mol. The first kappa shape index (κ1) is 44.0. The van der Waals surface area contributed by atoms with Gasteiger partial charge in [0.25, 0.3) is 5.91 Å². The van der Waals surface area contributed by atoms with Gasteiger partial charge in [0.15, 0.2) is 28.8 Å². The third-order valence-electron chi connectivity index (χ3n) is 15.3. The summed E-state index contributed by atoms with van der Waals surface area (Å²) in [5.41, 5.74) is 13.1. The van der Waals surface area contributed by atoms with Crippen LogP contribution >= 0.6 is 0 Å². The summed E-state index contributed by atoms with van der Waals surface area (Å²) in [7, 11) is 6.77. The van der Waals surface area contributed by atoms with Crippen LogP contribution in [-0.4, -0.2) is 75.2 Å². The van der Waals surface area contributed by atoms with Crippen molar-refractivity contribution in [2.45, 2.75) is 89.4 Å². The molecule has 4 heterocycles. The fraction of sp³-hybridized carbons (Fsp3) is 0.411. The Morgan fingerprint density at radius 3 is 2.11 bits per heavy atom. The second-order valence-electron chi connectivity index (χ2n) is 18.7. The standard InChI is InChI=1S/C56H62N2O8/c1-6-36-31-57-20-18-38-25-50(61-2)52(63-4)29-45(38)48(57)23-40(36)24-49-46-30-53(64-5)51(62-3)26-39(46)19-21-58(49)56(60)54-27-41(28-55(66-54)65-33-35-16-14-34(32-59)15-17-35)43-12-9-13-44-42-11-8-7-10-37(42)22-47(43)44/h7-17,25-27,29-30,36,40-41,48-49,55,59H,6,18-24,28,31-33H2,1-5H3/t36-,40+,41-,48-,49+,55+/m0/s1. The Bertz CT molecular complexity index is 2620. The number of aliphatic hydroxyl groups excluding tert-OH is 1. The predicted molar refractivity (Wildman–Crippen MR) is 254 cm³/mol. The number of allylic oxidation sites excluding steroid dienone is 1. The summed E-state index contributed by atoms with van der Waals surface area (Å²) in [5.74, 6) is 3.77. The van der Waals surface area contributed by atoms with E-state index < -0.39 is 6.29 Å². The van der Waals surface area contributed by atoms with Crippen molar-refractivity contribution >= 4 is 5.91 Å². The number of nitrogens with zero attached hydrogens (tertiary/aromatic N) is 2. The molecule has 10 rings (SSSR count). The van der Waals surface area contributed by atoms with E-state index in [0.29, 0.717) is 55.1 Å². The number of carbonyl (C=O) groups is 1. The van der Waals surface area contributed by atoms with Crippen molar-refractivity contribution in [1.82, 2.24) is 9.80 Å². The van der Waals surface area contributed by atoms with Crippen molar-refractivity contribution < 1.29 is 38.3 Å². The summed E-state index contributed by atoms with van der Waals surface area (Å²) in [4.78, 5) is 20.4. The van der Waals surface area contributed by atoms with Crippen molar-refractivity contribution in [3.63, 3.8) is 0 Å². The zero-order valence-corrected chi connectivity index (χ0v) is 38.9. The maximum atomic E-state index is 15.6. The minimum absolute atomic E-state index is 0.0178. The van der Waals surface area contributed by atoms with Crippen LogP contribution in [0.2, 0.25) is 0 Å². The maximum Gasteiger partial charge on any atom is 0.289 e. The molecule has 66 heavy (non-hydrogen) atoms. The van der Waals surface area contributed by atoms with Crippen LogP contribution in [0.25, 0.3) is 11.1 Å². The minimum Gasteiger partial charge on any atom is -0.493 e. The van der Waals surface area contributed by atoms with Crippen molar-refractivity contribution in [2.24, 2.45) is 11.8 Å². The Hall–Kier alpha value is -5.81. The first-order chi connectivity index (χ1) is 32.3. The SMILES string of the molecule is CC[C@H]1CN2CCc3cc(OC)c(OC)cc3[C@@H]2C[C@@H]1C[C@@H]1c2cc(OC)c(OC)cc2CCN1C(=O)C1=C[C@H](c2cccc3c2Cc2ccccc2-3)C[C@H](OCc2ccc(CO)cc2)O1. The lowest BCUT2D eigenvalue weighted by Crippen LogP contribution is -2.48. The second-order valence-corrected chi connectivity index (χ2v) is 18.7. The molecule has 5 aliphatic rings. The van der Waals surface area contributed by atoms with Crippen molar-refractivity contribution in [3.05, 3.63) is 153 Å². The Kier molecular flexibility index (Phi) is 12.6. The average Bonchev–Trinajstić information content (AvgIpc) is 3.76. The molecule has 1 aliphatic carbocycles. The predicted octanol–water partition coefficient (Wildman–Crippen LogP) is 9.88. The number of carbonyl (C=O) groups excluding carboxylic acids is 1. The lowest BCUT2D eigenvalue weighted by atomic mass is 9.72. The van der Waals surface area contributed by atoms with Gasteiger partial charge in [-0.25, -0.2) is 0 Å². The topological polar surface area (TPSA) is 99.2 Å². The smallest absolute Gasteiger partial charge is 0.289 e. The number of piperidine rings is 1. The summed E-state index contributed by atoms with van der Waals surface area (Å²) >= 11 is 0. The van der Waals surface area contributed by atoms with Gasteiger partial charge < -0.3 is 38.4 Å². The number of rotatable bonds is 13. The summed E-state index contributed by atoms with van der Waals surface area (Å²) in [6.45, 7) is 5.15. The van der Waals surface area contributed by atoms with Crippen LogP contribution in [0.15, 0.2) is 103 Å². The molecule has 5 aromatic carbocycles. The average molecular weight is 891 g/mol. The molecular weight excluding hydrogens is 829 g/mol. The maximum absolute atomic E-state index is 15.6. The molecule has 0 aromatic heterocycles. The number of benzene rings is 5. The first-order valence-electron chi connectivity index (χ1n) is 23.7. The lowest BCUT2D eigenvalue weighted by molar-refractivity contribution is -0.158. The van der Waals surface area contributed by atoms with Gasteiger partial charge in [0.05, 0.1) is 47.7 Å². The number of fused-ring (bicyclic) bond motifs is 7. The highest BCUT2D eigenvalue weighted by molar-refractivity contribution is 5.92. The van der Waals surface area contributed by atoms with Crippen LogP contribution in [0.5, 0.6) is 23.0 Å². The van der Waals surface area contributed by atoms with E-state index in [1.54, 1.807) is 28.4 Å². The van der Waals surface area contributed by atoms with Crippen LogP contribution in [0.3, 0.4) is 0 Å². The number of hydrogen-bond donors (Lipinski definition) is 1. The molecule has 10 nitrogen and oxygen atoms in total. The van der Waals surface area contributed by atoms with E-state index >= 15 is 4.79 Å². The summed E-state index contributed by atoms with van der Waals surface area (Å²) < 4.78 is 36.7.